The van der Waals surface area contributed by atoms with Gasteiger partial charge in [-0.05, 0) is 44.4 Å². The minimum atomic E-state index is -0.0393. The lowest BCUT2D eigenvalue weighted by atomic mass is 10.0. The summed E-state index contributed by atoms with van der Waals surface area (Å²) in [5, 5.41) is 0. The first-order valence-corrected chi connectivity index (χ1v) is 9.12. The van der Waals surface area contributed by atoms with Crippen LogP contribution >= 0.6 is 0 Å². The molecule has 2 aliphatic rings. The summed E-state index contributed by atoms with van der Waals surface area (Å²) < 4.78 is 1.57. The summed E-state index contributed by atoms with van der Waals surface area (Å²) in [6.07, 6.45) is 6.16. The van der Waals surface area contributed by atoms with E-state index < -0.39 is 0 Å². The van der Waals surface area contributed by atoms with Crippen molar-refractivity contribution in [2.45, 2.75) is 51.2 Å². The molecule has 0 saturated carbocycles. The number of amides is 1. The standard InChI is InChI=1S/C19H24N4O2/c1-14(24)22-11-5-7-17(22)16-6-4-9-21(16)13-15-12-19(25)23-10-3-2-8-18(23)20-15/h2-3,8,10,12,16-17H,4-7,9,11,13H2,1H3/t16-,17-/m0/s1. The molecular weight excluding hydrogens is 316 g/mol. The van der Waals surface area contributed by atoms with E-state index in [-0.39, 0.29) is 11.5 Å². The molecule has 4 heterocycles. The van der Waals surface area contributed by atoms with E-state index in [1.54, 1.807) is 23.6 Å². The second kappa shape index (κ2) is 6.59. The number of likely N-dealkylation sites (tertiary alicyclic amines) is 2. The molecule has 0 aliphatic carbocycles. The molecule has 2 atom stereocenters. The summed E-state index contributed by atoms with van der Waals surface area (Å²) in [4.78, 5) is 33.3. The van der Waals surface area contributed by atoms with Crippen molar-refractivity contribution in [1.29, 1.82) is 0 Å². The molecular formula is C19H24N4O2. The minimum absolute atomic E-state index is 0.0393. The number of rotatable bonds is 3. The van der Waals surface area contributed by atoms with Gasteiger partial charge < -0.3 is 4.90 Å². The Morgan fingerprint density at radius 2 is 2.00 bits per heavy atom. The summed E-state index contributed by atoms with van der Waals surface area (Å²) in [5.74, 6) is 0.177. The van der Waals surface area contributed by atoms with E-state index in [2.05, 4.69) is 9.88 Å². The Morgan fingerprint density at radius 1 is 1.20 bits per heavy atom. The van der Waals surface area contributed by atoms with Gasteiger partial charge >= 0.3 is 0 Å². The maximum atomic E-state index is 12.3. The summed E-state index contributed by atoms with van der Waals surface area (Å²) in [5.41, 5.74) is 1.46. The predicted molar refractivity (Wildman–Crippen MR) is 95.3 cm³/mol. The van der Waals surface area contributed by atoms with Crippen molar-refractivity contribution in [3.63, 3.8) is 0 Å². The molecule has 0 radical (unpaired) electrons. The third-order valence-corrected chi connectivity index (χ3v) is 5.55. The highest BCUT2D eigenvalue weighted by Gasteiger charge is 2.38. The summed E-state index contributed by atoms with van der Waals surface area (Å²) in [6.45, 7) is 4.22. The van der Waals surface area contributed by atoms with Gasteiger partial charge in [-0.15, -0.1) is 0 Å². The zero-order valence-corrected chi connectivity index (χ0v) is 14.6. The van der Waals surface area contributed by atoms with Gasteiger partial charge in [0.1, 0.15) is 5.65 Å². The van der Waals surface area contributed by atoms with E-state index in [1.807, 2.05) is 23.1 Å². The van der Waals surface area contributed by atoms with Crippen LogP contribution in [0.25, 0.3) is 5.65 Å². The maximum Gasteiger partial charge on any atom is 0.258 e. The van der Waals surface area contributed by atoms with Crippen molar-refractivity contribution in [3.05, 3.63) is 46.5 Å². The molecule has 6 nitrogen and oxygen atoms in total. The molecule has 2 aromatic rings. The van der Waals surface area contributed by atoms with Crippen LogP contribution in [-0.2, 0) is 11.3 Å². The van der Waals surface area contributed by atoms with Crippen LogP contribution in [0.4, 0.5) is 0 Å². The van der Waals surface area contributed by atoms with Gasteiger partial charge in [0.05, 0.1) is 5.69 Å². The first kappa shape index (κ1) is 16.3. The Hall–Kier alpha value is -2.21. The lowest BCUT2D eigenvalue weighted by molar-refractivity contribution is -0.130. The summed E-state index contributed by atoms with van der Waals surface area (Å²) in [6, 6.07) is 7.92. The molecule has 2 fully saturated rings. The summed E-state index contributed by atoms with van der Waals surface area (Å²) >= 11 is 0. The highest BCUT2D eigenvalue weighted by Crippen LogP contribution is 2.30. The van der Waals surface area contributed by atoms with Gasteiger partial charge in [0.2, 0.25) is 5.91 Å². The molecule has 0 aromatic carbocycles. The van der Waals surface area contributed by atoms with Crippen molar-refractivity contribution >= 4 is 11.6 Å². The van der Waals surface area contributed by atoms with Gasteiger partial charge in [-0.25, -0.2) is 4.98 Å². The zero-order valence-electron chi connectivity index (χ0n) is 14.6. The van der Waals surface area contributed by atoms with Gasteiger partial charge in [0.15, 0.2) is 0 Å². The monoisotopic (exact) mass is 340 g/mol. The number of hydrogen-bond acceptors (Lipinski definition) is 4. The van der Waals surface area contributed by atoms with Crippen molar-refractivity contribution < 1.29 is 4.79 Å². The van der Waals surface area contributed by atoms with Crippen LogP contribution < -0.4 is 5.56 Å². The van der Waals surface area contributed by atoms with Crippen molar-refractivity contribution in [3.8, 4) is 0 Å². The number of carbonyl (C=O) groups is 1. The van der Waals surface area contributed by atoms with Gasteiger partial charge in [0.25, 0.3) is 5.56 Å². The minimum Gasteiger partial charge on any atom is -0.338 e. The van der Waals surface area contributed by atoms with Gasteiger partial charge in [-0.2, -0.15) is 0 Å². The third kappa shape index (κ3) is 3.06. The lowest BCUT2D eigenvalue weighted by Crippen LogP contribution is -2.47. The van der Waals surface area contributed by atoms with Crippen LogP contribution in [0, 0.1) is 0 Å². The number of fused-ring (bicyclic) bond motifs is 1. The van der Waals surface area contributed by atoms with Crippen molar-refractivity contribution in [2.24, 2.45) is 0 Å². The van der Waals surface area contributed by atoms with E-state index >= 15 is 0 Å². The quantitative estimate of drug-likeness (QED) is 0.853. The molecule has 132 valence electrons. The number of pyridine rings is 1. The normalized spacial score (nSPS) is 24.3. The smallest absolute Gasteiger partial charge is 0.258 e. The zero-order chi connectivity index (χ0) is 17.4. The van der Waals surface area contributed by atoms with Crippen molar-refractivity contribution in [2.75, 3.05) is 13.1 Å². The molecule has 2 aliphatic heterocycles. The maximum absolute atomic E-state index is 12.3. The molecule has 0 N–H and O–H groups in total. The third-order valence-electron chi connectivity index (χ3n) is 5.55. The first-order valence-electron chi connectivity index (χ1n) is 9.12. The average molecular weight is 340 g/mol. The van der Waals surface area contributed by atoms with Gasteiger partial charge in [-0.1, -0.05) is 6.07 Å². The molecule has 2 aromatic heterocycles. The van der Waals surface area contributed by atoms with E-state index in [1.165, 1.54) is 0 Å². The average Bonchev–Trinajstić information content (AvgIpc) is 3.23. The Bertz CT molecular complexity index is 847. The largest absolute Gasteiger partial charge is 0.338 e. The Balaban J connectivity index is 1.57. The second-order valence-corrected chi connectivity index (χ2v) is 7.12. The molecule has 0 unspecified atom stereocenters. The highest BCUT2D eigenvalue weighted by molar-refractivity contribution is 5.74. The topological polar surface area (TPSA) is 57.9 Å². The fraction of sp³-hybridized carbons (Fsp3) is 0.526. The fourth-order valence-corrected chi connectivity index (χ4v) is 4.46. The number of nitrogens with zero attached hydrogens (tertiary/aromatic N) is 4. The molecule has 25 heavy (non-hydrogen) atoms. The van der Waals surface area contributed by atoms with E-state index in [9.17, 15) is 9.59 Å². The van der Waals surface area contributed by atoms with Crippen LogP contribution in [0.5, 0.6) is 0 Å². The molecule has 0 spiro atoms. The molecule has 2 saturated heterocycles. The van der Waals surface area contributed by atoms with Crippen LogP contribution in [-0.4, -0.2) is 50.3 Å². The predicted octanol–water partition coefficient (Wildman–Crippen LogP) is 1.67. The van der Waals surface area contributed by atoms with Crippen LogP contribution in [0.3, 0.4) is 0 Å². The van der Waals surface area contributed by atoms with E-state index in [0.29, 0.717) is 24.3 Å². The van der Waals surface area contributed by atoms with Gasteiger partial charge in [-0.3, -0.25) is 18.9 Å². The summed E-state index contributed by atoms with van der Waals surface area (Å²) in [7, 11) is 0. The molecule has 4 rings (SSSR count). The van der Waals surface area contributed by atoms with E-state index in [0.717, 1.165) is 44.5 Å². The number of aromatic nitrogens is 2. The Kier molecular flexibility index (Phi) is 4.29. The number of carbonyl (C=O) groups excluding carboxylic acids is 1. The fourth-order valence-electron chi connectivity index (χ4n) is 4.46. The highest BCUT2D eigenvalue weighted by atomic mass is 16.2. The van der Waals surface area contributed by atoms with Crippen LogP contribution in [0.15, 0.2) is 35.3 Å². The number of hydrogen-bond donors (Lipinski definition) is 0. The molecule has 6 heteroatoms. The molecule has 0 bridgehead atoms. The van der Waals surface area contributed by atoms with Gasteiger partial charge in [0, 0.05) is 44.4 Å². The second-order valence-electron chi connectivity index (χ2n) is 7.12. The first-order chi connectivity index (χ1) is 12.1. The lowest BCUT2D eigenvalue weighted by Gasteiger charge is -2.34. The Labute approximate surface area is 147 Å². The van der Waals surface area contributed by atoms with Crippen LogP contribution in [0.2, 0.25) is 0 Å². The Morgan fingerprint density at radius 3 is 2.84 bits per heavy atom. The molecule has 1 amide bonds. The van der Waals surface area contributed by atoms with E-state index in [4.69, 9.17) is 0 Å². The van der Waals surface area contributed by atoms with Crippen LogP contribution in [0.1, 0.15) is 38.3 Å². The van der Waals surface area contributed by atoms with Crippen molar-refractivity contribution in [1.82, 2.24) is 19.2 Å². The SMILES string of the molecule is CC(=O)N1CCC[C@H]1[C@@H]1CCCN1Cc1cc(=O)n2ccccc2n1.